The smallest absolute Gasteiger partial charge is 0.165 e. The molecule has 1 aromatic carbocycles. The highest BCUT2D eigenvalue weighted by Crippen LogP contribution is 2.17. The van der Waals surface area contributed by atoms with Gasteiger partial charge < -0.3 is 15.4 Å². The molecule has 0 spiro atoms. The van der Waals surface area contributed by atoms with E-state index in [4.69, 9.17) is 4.74 Å². The van der Waals surface area contributed by atoms with Crippen molar-refractivity contribution in [1.82, 2.24) is 10.6 Å². The summed E-state index contributed by atoms with van der Waals surface area (Å²) >= 11 is 0. The van der Waals surface area contributed by atoms with Gasteiger partial charge in [0.15, 0.2) is 11.6 Å². The summed E-state index contributed by atoms with van der Waals surface area (Å²) in [5.74, 6) is -0.0192. The van der Waals surface area contributed by atoms with Crippen LogP contribution in [0.2, 0.25) is 0 Å². The highest BCUT2D eigenvalue weighted by molar-refractivity contribution is 5.29. The standard InChI is InChI=1S/C13H21FN2O/c1-3-6-15-7-8-16-10-11-4-5-13(17-2)12(14)9-11/h4-5,9,15-16H,3,6-8,10H2,1-2H3. The third-order valence-electron chi connectivity index (χ3n) is 2.45. The average Bonchev–Trinajstić information content (AvgIpc) is 2.34. The maximum absolute atomic E-state index is 13.4. The molecule has 3 nitrogen and oxygen atoms in total. The molecular formula is C13H21FN2O. The molecule has 0 bridgehead atoms. The summed E-state index contributed by atoms with van der Waals surface area (Å²) in [5, 5.41) is 6.55. The van der Waals surface area contributed by atoms with Crippen molar-refractivity contribution in [1.29, 1.82) is 0 Å². The van der Waals surface area contributed by atoms with E-state index in [1.54, 1.807) is 6.07 Å². The van der Waals surface area contributed by atoms with Crippen molar-refractivity contribution < 1.29 is 9.13 Å². The molecule has 96 valence electrons. The van der Waals surface area contributed by atoms with Gasteiger partial charge in [0.25, 0.3) is 0 Å². The first-order valence-corrected chi connectivity index (χ1v) is 6.01. The number of methoxy groups -OCH3 is 1. The molecule has 0 unspecified atom stereocenters. The molecule has 0 atom stereocenters. The second-order valence-electron chi connectivity index (χ2n) is 3.90. The molecule has 17 heavy (non-hydrogen) atoms. The lowest BCUT2D eigenvalue weighted by Crippen LogP contribution is -2.27. The van der Waals surface area contributed by atoms with Crippen molar-refractivity contribution >= 4 is 0 Å². The minimum Gasteiger partial charge on any atom is -0.494 e. The van der Waals surface area contributed by atoms with Gasteiger partial charge in [-0.2, -0.15) is 0 Å². The normalized spacial score (nSPS) is 10.5. The summed E-state index contributed by atoms with van der Waals surface area (Å²) in [5.41, 5.74) is 0.929. The first-order valence-electron chi connectivity index (χ1n) is 6.01. The molecule has 0 aliphatic heterocycles. The Hall–Kier alpha value is -1.13. The number of hydrogen-bond acceptors (Lipinski definition) is 3. The second-order valence-corrected chi connectivity index (χ2v) is 3.90. The van der Waals surface area contributed by atoms with Crippen LogP contribution in [0.25, 0.3) is 0 Å². The topological polar surface area (TPSA) is 33.3 Å². The van der Waals surface area contributed by atoms with Crippen molar-refractivity contribution in [3.05, 3.63) is 29.6 Å². The van der Waals surface area contributed by atoms with Gasteiger partial charge in [-0.05, 0) is 30.7 Å². The predicted octanol–water partition coefficient (Wildman–Crippen LogP) is 1.92. The Morgan fingerprint density at radius 2 is 1.94 bits per heavy atom. The molecule has 4 heteroatoms. The Kier molecular flexibility index (Phi) is 6.58. The lowest BCUT2D eigenvalue weighted by Gasteiger charge is -2.07. The fourth-order valence-electron chi connectivity index (χ4n) is 1.53. The van der Waals surface area contributed by atoms with Crippen LogP contribution in [-0.4, -0.2) is 26.7 Å². The summed E-state index contributed by atoms with van der Waals surface area (Å²) in [7, 11) is 1.47. The zero-order chi connectivity index (χ0) is 12.5. The van der Waals surface area contributed by atoms with E-state index in [2.05, 4.69) is 17.6 Å². The Bertz CT molecular complexity index is 331. The zero-order valence-electron chi connectivity index (χ0n) is 10.6. The van der Waals surface area contributed by atoms with Crippen LogP contribution in [0.3, 0.4) is 0 Å². The van der Waals surface area contributed by atoms with Crippen LogP contribution in [0, 0.1) is 5.82 Å². The van der Waals surface area contributed by atoms with Crippen molar-refractivity contribution in [2.45, 2.75) is 19.9 Å². The number of ether oxygens (including phenoxy) is 1. The third-order valence-corrected chi connectivity index (χ3v) is 2.45. The van der Waals surface area contributed by atoms with Crippen LogP contribution < -0.4 is 15.4 Å². The van der Waals surface area contributed by atoms with Crippen LogP contribution in [-0.2, 0) is 6.54 Å². The molecule has 0 radical (unpaired) electrons. The van der Waals surface area contributed by atoms with Gasteiger partial charge in [-0.3, -0.25) is 0 Å². The van der Waals surface area contributed by atoms with Gasteiger partial charge in [0.1, 0.15) is 0 Å². The maximum Gasteiger partial charge on any atom is 0.165 e. The molecule has 2 N–H and O–H groups in total. The molecule has 0 aromatic heterocycles. The van der Waals surface area contributed by atoms with E-state index >= 15 is 0 Å². The van der Waals surface area contributed by atoms with Crippen molar-refractivity contribution in [3.63, 3.8) is 0 Å². The molecule has 0 saturated heterocycles. The predicted molar refractivity (Wildman–Crippen MR) is 67.8 cm³/mol. The molecular weight excluding hydrogens is 219 g/mol. The van der Waals surface area contributed by atoms with Crippen molar-refractivity contribution in [2.75, 3.05) is 26.7 Å². The highest BCUT2D eigenvalue weighted by atomic mass is 19.1. The summed E-state index contributed by atoms with van der Waals surface area (Å²) in [4.78, 5) is 0. The SMILES string of the molecule is CCCNCCNCc1ccc(OC)c(F)c1. The molecule has 0 saturated carbocycles. The van der Waals surface area contributed by atoms with Crippen molar-refractivity contribution in [3.8, 4) is 5.75 Å². The van der Waals surface area contributed by atoms with Crippen LogP contribution in [0.5, 0.6) is 5.75 Å². The van der Waals surface area contributed by atoms with Gasteiger partial charge in [0.05, 0.1) is 7.11 Å². The monoisotopic (exact) mass is 240 g/mol. The van der Waals surface area contributed by atoms with Gasteiger partial charge in [-0.25, -0.2) is 4.39 Å². The van der Waals surface area contributed by atoms with Gasteiger partial charge in [-0.1, -0.05) is 13.0 Å². The molecule has 0 aliphatic rings. The van der Waals surface area contributed by atoms with Gasteiger partial charge in [-0.15, -0.1) is 0 Å². The third kappa shape index (κ3) is 5.15. The van der Waals surface area contributed by atoms with Crippen LogP contribution >= 0.6 is 0 Å². The fourth-order valence-corrected chi connectivity index (χ4v) is 1.53. The van der Waals surface area contributed by atoms with E-state index in [1.807, 2.05) is 6.07 Å². The maximum atomic E-state index is 13.4. The van der Waals surface area contributed by atoms with E-state index in [0.717, 1.165) is 31.6 Å². The Morgan fingerprint density at radius 3 is 2.59 bits per heavy atom. The first kappa shape index (κ1) is 13.9. The molecule has 1 aromatic rings. The second kappa shape index (κ2) is 8.03. The lowest BCUT2D eigenvalue weighted by molar-refractivity contribution is 0.386. The number of benzene rings is 1. The van der Waals surface area contributed by atoms with E-state index in [1.165, 1.54) is 13.2 Å². The van der Waals surface area contributed by atoms with Crippen molar-refractivity contribution in [2.24, 2.45) is 0 Å². The van der Waals surface area contributed by atoms with Crippen LogP contribution in [0.4, 0.5) is 4.39 Å². The van der Waals surface area contributed by atoms with E-state index in [0.29, 0.717) is 12.3 Å². The largest absolute Gasteiger partial charge is 0.494 e. The fraction of sp³-hybridized carbons (Fsp3) is 0.538. The van der Waals surface area contributed by atoms with Crippen LogP contribution in [0.15, 0.2) is 18.2 Å². The minimum atomic E-state index is -0.309. The van der Waals surface area contributed by atoms with E-state index in [9.17, 15) is 4.39 Å². The molecule has 1 rings (SSSR count). The Labute approximate surface area is 102 Å². The minimum absolute atomic E-state index is 0.290. The summed E-state index contributed by atoms with van der Waals surface area (Å²) in [6.07, 6.45) is 1.14. The number of rotatable bonds is 8. The average molecular weight is 240 g/mol. The van der Waals surface area contributed by atoms with E-state index < -0.39 is 0 Å². The molecule has 0 amide bonds. The summed E-state index contributed by atoms with van der Waals surface area (Å²) in [6.45, 7) is 5.67. The quantitative estimate of drug-likeness (QED) is 0.681. The first-order chi connectivity index (χ1) is 8.27. The van der Waals surface area contributed by atoms with Gasteiger partial charge in [0.2, 0.25) is 0 Å². The molecule has 0 aliphatic carbocycles. The lowest BCUT2D eigenvalue weighted by atomic mass is 10.2. The van der Waals surface area contributed by atoms with Gasteiger partial charge in [0, 0.05) is 19.6 Å². The Morgan fingerprint density at radius 1 is 1.18 bits per heavy atom. The zero-order valence-corrected chi connectivity index (χ0v) is 10.6. The summed E-state index contributed by atoms with van der Waals surface area (Å²) in [6, 6.07) is 5.03. The highest BCUT2D eigenvalue weighted by Gasteiger charge is 2.02. The number of halogens is 1. The van der Waals surface area contributed by atoms with Crippen LogP contribution in [0.1, 0.15) is 18.9 Å². The van der Waals surface area contributed by atoms with Gasteiger partial charge >= 0.3 is 0 Å². The summed E-state index contributed by atoms with van der Waals surface area (Å²) < 4.78 is 18.2. The number of hydrogen-bond donors (Lipinski definition) is 2. The molecule has 0 fully saturated rings. The number of nitrogens with one attached hydrogen (secondary N) is 2. The van der Waals surface area contributed by atoms with E-state index in [-0.39, 0.29) is 5.82 Å². The Balaban J connectivity index is 2.25. The molecule has 0 heterocycles.